The van der Waals surface area contributed by atoms with Crippen LogP contribution in [0.15, 0.2) is 48.6 Å². The Morgan fingerprint density at radius 1 is 0.393 bits per heavy atom. The highest BCUT2D eigenvalue weighted by molar-refractivity contribution is 5.72. The lowest BCUT2D eigenvalue weighted by molar-refractivity contribution is -0.166. The summed E-state index contributed by atoms with van der Waals surface area (Å²) in [5.41, 5.74) is 0. The fraction of sp³-hybridized carbons (Fsp3) is 0.780. The minimum atomic E-state index is -0.805. The van der Waals surface area contributed by atoms with Gasteiger partial charge in [-0.2, -0.15) is 0 Å². The monoisotopic (exact) mass is 785 g/mol. The molecule has 0 aromatic rings. The molecule has 1 atom stereocenters. The lowest BCUT2D eigenvalue weighted by Crippen LogP contribution is -2.30. The van der Waals surface area contributed by atoms with E-state index in [9.17, 15) is 14.4 Å². The van der Waals surface area contributed by atoms with Gasteiger partial charge in [0, 0.05) is 12.8 Å². The molecule has 0 heterocycles. The SMILES string of the molecule is CC/C=C\C/C=C\C/C=C\CC(=O)OCC(COC(=O)CCCCCCCCC/C=C\CCCCCC)OC(=O)CCCCCCCCCCCCCCCC. The number of esters is 3. The van der Waals surface area contributed by atoms with E-state index in [0.29, 0.717) is 12.8 Å². The van der Waals surface area contributed by atoms with Gasteiger partial charge < -0.3 is 14.2 Å². The Hall–Kier alpha value is -2.63. The lowest BCUT2D eigenvalue weighted by atomic mass is 10.0. The highest BCUT2D eigenvalue weighted by Crippen LogP contribution is 2.15. The summed E-state index contributed by atoms with van der Waals surface area (Å²) in [5.74, 6) is -1.03. The van der Waals surface area contributed by atoms with E-state index < -0.39 is 12.1 Å². The first-order valence-electron chi connectivity index (χ1n) is 23.6. The number of carbonyl (C=O) groups is 3. The third-order valence-electron chi connectivity index (χ3n) is 10.1. The molecule has 0 aromatic carbocycles. The number of hydrogen-bond donors (Lipinski definition) is 0. The minimum absolute atomic E-state index is 0.100. The van der Waals surface area contributed by atoms with Gasteiger partial charge in [-0.15, -0.1) is 0 Å². The zero-order valence-electron chi connectivity index (χ0n) is 36.9. The van der Waals surface area contributed by atoms with Crippen molar-refractivity contribution in [1.82, 2.24) is 0 Å². The molecular formula is C50H88O6. The number of allylic oxidation sites excluding steroid dienone is 7. The van der Waals surface area contributed by atoms with Crippen LogP contribution in [0, 0.1) is 0 Å². The Morgan fingerprint density at radius 2 is 0.768 bits per heavy atom. The summed E-state index contributed by atoms with van der Waals surface area (Å²) in [4.78, 5) is 37.7. The Morgan fingerprint density at radius 3 is 1.25 bits per heavy atom. The third-order valence-corrected chi connectivity index (χ3v) is 10.1. The largest absolute Gasteiger partial charge is 0.462 e. The van der Waals surface area contributed by atoms with E-state index in [0.717, 1.165) is 57.8 Å². The van der Waals surface area contributed by atoms with Crippen molar-refractivity contribution in [3.05, 3.63) is 48.6 Å². The normalized spacial score (nSPS) is 12.4. The topological polar surface area (TPSA) is 78.9 Å². The maximum absolute atomic E-state index is 12.7. The first kappa shape index (κ1) is 53.4. The molecule has 0 bridgehead atoms. The smallest absolute Gasteiger partial charge is 0.309 e. The van der Waals surface area contributed by atoms with Crippen molar-refractivity contribution in [1.29, 1.82) is 0 Å². The average Bonchev–Trinajstić information content (AvgIpc) is 3.19. The molecule has 0 aliphatic rings. The van der Waals surface area contributed by atoms with Gasteiger partial charge in [-0.25, -0.2) is 0 Å². The second-order valence-electron chi connectivity index (χ2n) is 15.7. The first-order chi connectivity index (χ1) is 27.5. The second-order valence-corrected chi connectivity index (χ2v) is 15.7. The van der Waals surface area contributed by atoms with Crippen molar-refractivity contribution in [2.24, 2.45) is 0 Å². The number of carbonyl (C=O) groups excluding carboxylic acids is 3. The molecule has 6 heteroatoms. The average molecular weight is 785 g/mol. The summed E-state index contributed by atoms with van der Waals surface area (Å²) < 4.78 is 16.6. The molecule has 56 heavy (non-hydrogen) atoms. The van der Waals surface area contributed by atoms with Crippen LogP contribution < -0.4 is 0 Å². The van der Waals surface area contributed by atoms with Crippen molar-refractivity contribution in [3.63, 3.8) is 0 Å². The second kappa shape index (κ2) is 45.1. The van der Waals surface area contributed by atoms with Crippen LogP contribution in [0.5, 0.6) is 0 Å². The Labute approximate surface area is 346 Å². The molecule has 0 saturated heterocycles. The van der Waals surface area contributed by atoms with E-state index in [4.69, 9.17) is 14.2 Å². The zero-order chi connectivity index (χ0) is 40.8. The number of rotatable bonds is 42. The number of ether oxygens (including phenoxy) is 3. The molecule has 0 N–H and O–H groups in total. The summed E-state index contributed by atoms with van der Waals surface area (Å²) >= 11 is 0. The summed E-state index contributed by atoms with van der Waals surface area (Å²) in [6, 6.07) is 0. The van der Waals surface area contributed by atoms with Crippen LogP contribution in [0.4, 0.5) is 0 Å². The molecule has 0 spiro atoms. The standard InChI is InChI=1S/C50H88O6/c1-4-7-10-13-16-19-21-23-25-27-28-31-34-37-40-43-49(52)55-46-47(45-54-48(51)42-39-36-33-30-18-15-12-9-6-3)56-50(53)44-41-38-35-32-29-26-24-22-20-17-14-11-8-5-2/h9,12,18-19,21,30,36,39,47H,4-8,10-11,13-17,20,22-29,31-35,37-38,40-46H2,1-3H3/b12-9-,21-19-,30-18-,39-36-. The maximum atomic E-state index is 12.7. The van der Waals surface area contributed by atoms with E-state index >= 15 is 0 Å². The molecule has 0 radical (unpaired) electrons. The first-order valence-corrected chi connectivity index (χ1v) is 23.6. The molecule has 1 unspecified atom stereocenters. The van der Waals surface area contributed by atoms with Gasteiger partial charge in [-0.05, 0) is 57.8 Å². The molecule has 0 aliphatic carbocycles. The van der Waals surface area contributed by atoms with Gasteiger partial charge in [0.25, 0.3) is 0 Å². The van der Waals surface area contributed by atoms with E-state index in [2.05, 4.69) is 57.2 Å². The highest BCUT2D eigenvalue weighted by atomic mass is 16.6. The molecule has 0 fully saturated rings. The minimum Gasteiger partial charge on any atom is -0.462 e. The molecular weight excluding hydrogens is 697 g/mol. The molecule has 0 amide bonds. The van der Waals surface area contributed by atoms with Crippen molar-refractivity contribution in [2.75, 3.05) is 13.2 Å². The maximum Gasteiger partial charge on any atom is 0.309 e. The van der Waals surface area contributed by atoms with Gasteiger partial charge in [-0.1, -0.05) is 204 Å². The van der Waals surface area contributed by atoms with Gasteiger partial charge in [0.1, 0.15) is 13.2 Å². The Bertz CT molecular complexity index is 996. The van der Waals surface area contributed by atoms with Crippen molar-refractivity contribution >= 4 is 17.9 Å². The number of hydrogen-bond acceptors (Lipinski definition) is 6. The van der Waals surface area contributed by atoms with Crippen LogP contribution in [-0.2, 0) is 28.6 Å². The van der Waals surface area contributed by atoms with E-state index in [-0.39, 0.29) is 31.6 Å². The fourth-order valence-corrected chi connectivity index (χ4v) is 6.56. The van der Waals surface area contributed by atoms with Crippen LogP contribution in [0.1, 0.15) is 233 Å². The number of unbranched alkanes of at least 4 members (excludes halogenated alkanes) is 24. The van der Waals surface area contributed by atoms with Crippen LogP contribution in [0.25, 0.3) is 0 Å². The van der Waals surface area contributed by atoms with Gasteiger partial charge in [-0.3, -0.25) is 14.4 Å². The van der Waals surface area contributed by atoms with Crippen molar-refractivity contribution in [2.45, 2.75) is 239 Å². The van der Waals surface area contributed by atoms with Crippen LogP contribution in [0.3, 0.4) is 0 Å². The van der Waals surface area contributed by atoms with E-state index in [1.54, 1.807) is 6.08 Å². The summed E-state index contributed by atoms with van der Waals surface area (Å²) in [6.45, 7) is 6.41. The summed E-state index contributed by atoms with van der Waals surface area (Å²) in [7, 11) is 0. The van der Waals surface area contributed by atoms with Gasteiger partial charge in [0.05, 0.1) is 6.42 Å². The molecule has 0 rings (SSSR count). The van der Waals surface area contributed by atoms with Crippen molar-refractivity contribution < 1.29 is 28.6 Å². The summed E-state index contributed by atoms with van der Waals surface area (Å²) in [5, 5.41) is 0. The fourth-order valence-electron chi connectivity index (χ4n) is 6.56. The zero-order valence-corrected chi connectivity index (χ0v) is 36.9. The van der Waals surface area contributed by atoms with E-state index in [1.807, 2.05) is 6.08 Å². The van der Waals surface area contributed by atoms with Crippen molar-refractivity contribution in [3.8, 4) is 0 Å². The van der Waals surface area contributed by atoms with Crippen LogP contribution >= 0.6 is 0 Å². The third kappa shape index (κ3) is 42.5. The summed E-state index contributed by atoms with van der Waals surface area (Å²) in [6.07, 6.45) is 52.7. The predicted octanol–water partition coefficient (Wildman–Crippen LogP) is 15.1. The quantitative estimate of drug-likeness (QED) is 0.0265. The van der Waals surface area contributed by atoms with E-state index in [1.165, 1.54) is 135 Å². The molecule has 324 valence electrons. The van der Waals surface area contributed by atoms with Gasteiger partial charge >= 0.3 is 17.9 Å². The molecule has 0 saturated carbocycles. The molecule has 0 aliphatic heterocycles. The highest BCUT2D eigenvalue weighted by Gasteiger charge is 2.19. The van der Waals surface area contributed by atoms with Crippen LogP contribution in [0.2, 0.25) is 0 Å². The Balaban J connectivity index is 4.38. The molecule has 0 aromatic heterocycles. The predicted molar refractivity (Wildman–Crippen MR) is 238 cm³/mol. The Kier molecular flexibility index (Phi) is 43.0. The molecule has 6 nitrogen and oxygen atoms in total. The van der Waals surface area contributed by atoms with Crippen LogP contribution in [-0.4, -0.2) is 37.2 Å². The lowest BCUT2D eigenvalue weighted by Gasteiger charge is -2.18. The van der Waals surface area contributed by atoms with Gasteiger partial charge in [0.15, 0.2) is 6.10 Å². The van der Waals surface area contributed by atoms with Gasteiger partial charge in [0.2, 0.25) is 0 Å².